The lowest BCUT2D eigenvalue weighted by atomic mass is 10.1. The number of nitrogens with zero attached hydrogens (tertiary/aromatic N) is 1. The highest BCUT2D eigenvalue weighted by Crippen LogP contribution is 2.24. The minimum atomic E-state index is -3.72. The maximum atomic E-state index is 14.2. The fourth-order valence-corrected chi connectivity index (χ4v) is 4.54. The molecule has 0 aromatic heterocycles. The summed E-state index contributed by atoms with van der Waals surface area (Å²) in [6, 6.07) is 26.1. The molecule has 1 N–H and O–H groups in total. The van der Waals surface area contributed by atoms with Gasteiger partial charge in [-0.3, -0.25) is 9.10 Å². The first-order chi connectivity index (χ1) is 16.8. The van der Waals surface area contributed by atoms with Crippen molar-refractivity contribution in [1.82, 2.24) is 5.32 Å². The number of nitrogens with one attached hydrogen (secondary N) is 1. The molecule has 0 aliphatic carbocycles. The van der Waals surface area contributed by atoms with Crippen LogP contribution in [0.5, 0.6) is 5.75 Å². The number of fused-ring (bicyclic) bond motifs is 1. The van der Waals surface area contributed by atoms with Gasteiger partial charge in [0.05, 0.1) is 25.0 Å². The molecule has 4 aromatic rings. The normalized spacial score (nSPS) is 11.3. The van der Waals surface area contributed by atoms with Crippen LogP contribution >= 0.6 is 0 Å². The van der Waals surface area contributed by atoms with Crippen LogP contribution in [0.15, 0.2) is 91.0 Å². The molecule has 0 unspecified atom stereocenters. The molecule has 0 atom stereocenters. The van der Waals surface area contributed by atoms with Crippen molar-refractivity contribution in [2.24, 2.45) is 0 Å². The van der Waals surface area contributed by atoms with E-state index in [2.05, 4.69) is 5.32 Å². The van der Waals surface area contributed by atoms with Gasteiger partial charge >= 0.3 is 0 Å². The van der Waals surface area contributed by atoms with Gasteiger partial charge in [-0.15, -0.1) is 0 Å². The third-order valence-corrected chi connectivity index (χ3v) is 6.57. The molecule has 0 saturated heterocycles. The van der Waals surface area contributed by atoms with E-state index in [9.17, 15) is 17.6 Å². The highest BCUT2D eigenvalue weighted by molar-refractivity contribution is 7.92. The van der Waals surface area contributed by atoms with Crippen LogP contribution in [0, 0.1) is 5.82 Å². The molecule has 35 heavy (non-hydrogen) atoms. The number of sulfonamides is 1. The lowest BCUT2D eigenvalue weighted by Crippen LogP contribution is -2.30. The third-order valence-electron chi connectivity index (χ3n) is 5.44. The summed E-state index contributed by atoms with van der Waals surface area (Å²) in [5, 5.41) is 5.02. The van der Waals surface area contributed by atoms with Crippen molar-refractivity contribution in [3.8, 4) is 5.75 Å². The topological polar surface area (TPSA) is 75.7 Å². The number of para-hydroxylation sites is 1. The monoisotopic (exact) mass is 492 g/mol. The molecule has 0 spiro atoms. The van der Waals surface area contributed by atoms with Crippen molar-refractivity contribution in [3.63, 3.8) is 0 Å². The molecule has 4 rings (SSSR count). The average molecular weight is 493 g/mol. The SMILES string of the molecule is CS(=O)(=O)N(Cc1ccc(C(=O)NCCOc2ccc3ccccc3c2)cc1)c1ccccc1F. The van der Waals surface area contributed by atoms with E-state index in [4.69, 9.17) is 4.74 Å². The molecule has 0 radical (unpaired) electrons. The Kier molecular flexibility index (Phi) is 7.31. The Morgan fingerprint density at radius 3 is 2.31 bits per heavy atom. The summed E-state index contributed by atoms with van der Waals surface area (Å²) < 4.78 is 45.5. The predicted molar refractivity (Wildman–Crippen MR) is 136 cm³/mol. The van der Waals surface area contributed by atoms with Crippen LogP contribution in [0.2, 0.25) is 0 Å². The van der Waals surface area contributed by atoms with Crippen LogP contribution in [0.25, 0.3) is 10.8 Å². The van der Waals surface area contributed by atoms with E-state index in [0.29, 0.717) is 24.3 Å². The molecular weight excluding hydrogens is 467 g/mol. The van der Waals surface area contributed by atoms with Gasteiger partial charge in [-0.1, -0.05) is 54.6 Å². The minimum Gasteiger partial charge on any atom is -0.492 e. The van der Waals surface area contributed by atoms with E-state index in [0.717, 1.165) is 27.1 Å². The largest absolute Gasteiger partial charge is 0.492 e. The number of rotatable bonds is 9. The van der Waals surface area contributed by atoms with Crippen LogP contribution in [0.1, 0.15) is 15.9 Å². The Bertz CT molecular complexity index is 1440. The molecule has 8 heteroatoms. The smallest absolute Gasteiger partial charge is 0.251 e. The maximum Gasteiger partial charge on any atom is 0.251 e. The molecule has 0 heterocycles. The van der Waals surface area contributed by atoms with Gasteiger partial charge in [0.15, 0.2) is 0 Å². The van der Waals surface area contributed by atoms with Crippen molar-refractivity contribution >= 4 is 32.4 Å². The summed E-state index contributed by atoms with van der Waals surface area (Å²) in [6.07, 6.45) is 1.03. The number of carbonyl (C=O) groups excluding carboxylic acids is 1. The van der Waals surface area contributed by atoms with Crippen molar-refractivity contribution in [3.05, 3.63) is 108 Å². The van der Waals surface area contributed by atoms with Gasteiger partial charge in [-0.2, -0.15) is 0 Å². The van der Waals surface area contributed by atoms with Gasteiger partial charge in [0.25, 0.3) is 5.91 Å². The third kappa shape index (κ3) is 6.16. The first kappa shape index (κ1) is 24.2. The van der Waals surface area contributed by atoms with Crippen molar-refractivity contribution in [2.45, 2.75) is 6.54 Å². The van der Waals surface area contributed by atoms with Crippen LogP contribution in [-0.4, -0.2) is 33.7 Å². The average Bonchev–Trinajstić information content (AvgIpc) is 2.85. The Balaban J connectivity index is 1.32. The van der Waals surface area contributed by atoms with Gasteiger partial charge in [-0.05, 0) is 52.7 Å². The number of carbonyl (C=O) groups is 1. The second-order valence-corrected chi connectivity index (χ2v) is 9.94. The lowest BCUT2D eigenvalue weighted by molar-refractivity contribution is 0.0947. The zero-order chi connectivity index (χ0) is 24.8. The Morgan fingerprint density at radius 1 is 0.914 bits per heavy atom. The van der Waals surface area contributed by atoms with E-state index >= 15 is 0 Å². The summed E-state index contributed by atoms with van der Waals surface area (Å²) in [5.74, 6) is -0.167. The van der Waals surface area contributed by atoms with Crippen LogP contribution in [0.4, 0.5) is 10.1 Å². The number of anilines is 1. The van der Waals surface area contributed by atoms with Crippen LogP contribution in [-0.2, 0) is 16.6 Å². The number of hydrogen-bond donors (Lipinski definition) is 1. The quantitative estimate of drug-likeness (QED) is 0.342. The zero-order valence-electron chi connectivity index (χ0n) is 19.1. The fraction of sp³-hybridized carbons (Fsp3) is 0.148. The van der Waals surface area contributed by atoms with E-state index < -0.39 is 15.8 Å². The molecule has 0 fully saturated rings. The second-order valence-electron chi connectivity index (χ2n) is 8.03. The van der Waals surface area contributed by atoms with E-state index in [1.807, 2.05) is 42.5 Å². The fourth-order valence-electron chi connectivity index (χ4n) is 3.66. The maximum absolute atomic E-state index is 14.2. The summed E-state index contributed by atoms with van der Waals surface area (Å²) in [6.45, 7) is 0.581. The summed E-state index contributed by atoms with van der Waals surface area (Å²) in [5.41, 5.74) is 1.02. The Hall–Kier alpha value is -3.91. The highest BCUT2D eigenvalue weighted by atomic mass is 32.2. The zero-order valence-corrected chi connectivity index (χ0v) is 20.0. The molecule has 1 amide bonds. The molecule has 0 bridgehead atoms. The number of benzene rings is 4. The van der Waals surface area contributed by atoms with E-state index in [1.54, 1.807) is 30.3 Å². The van der Waals surface area contributed by atoms with Crippen molar-refractivity contribution in [1.29, 1.82) is 0 Å². The van der Waals surface area contributed by atoms with Gasteiger partial charge in [0.2, 0.25) is 10.0 Å². The van der Waals surface area contributed by atoms with E-state index in [1.165, 1.54) is 18.2 Å². The molecule has 4 aromatic carbocycles. The van der Waals surface area contributed by atoms with Crippen molar-refractivity contribution in [2.75, 3.05) is 23.7 Å². The molecule has 0 aliphatic heterocycles. The predicted octanol–water partition coefficient (Wildman–Crippen LogP) is 4.75. The number of hydrogen-bond acceptors (Lipinski definition) is 4. The second kappa shape index (κ2) is 10.6. The molecule has 6 nitrogen and oxygen atoms in total. The standard InChI is InChI=1S/C27H25FN2O4S/c1-35(32,33)30(26-9-5-4-8-25(26)28)19-20-10-12-22(13-11-20)27(31)29-16-17-34-24-15-14-21-6-2-3-7-23(21)18-24/h2-15,18H,16-17,19H2,1H3,(H,29,31). The lowest BCUT2D eigenvalue weighted by Gasteiger charge is -2.23. The Morgan fingerprint density at radius 2 is 1.60 bits per heavy atom. The molecular formula is C27H25FN2O4S. The molecule has 180 valence electrons. The number of halogens is 1. The number of ether oxygens (including phenoxy) is 1. The summed E-state index contributed by atoms with van der Waals surface area (Å²) >= 11 is 0. The summed E-state index contributed by atoms with van der Waals surface area (Å²) in [7, 11) is -3.72. The van der Waals surface area contributed by atoms with Gasteiger partial charge in [0, 0.05) is 5.56 Å². The number of amides is 1. The van der Waals surface area contributed by atoms with Crippen LogP contribution in [0.3, 0.4) is 0 Å². The first-order valence-electron chi connectivity index (χ1n) is 11.0. The van der Waals surface area contributed by atoms with E-state index in [-0.39, 0.29) is 18.1 Å². The first-order valence-corrected chi connectivity index (χ1v) is 12.9. The van der Waals surface area contributed by atoms with Gasteiger partial charge in [-0.25, -0.2) is 12.8 Å². The molecule has 0 aliphatic rings. The van der Waals surface area contributed by atoms with Crippen molar-refractivity contribution < 1.29 is 22.3 Å². The summed E-state index contributed by atoms with van der Waals surface area (Å²) in [4.78, 5) is 12.5. The minimum absolute atomic E-state index is 0.0248. The van der Waals surface area contributed by atoms with Gasteiger partial charge < -0.3 is 10.1 Å². The van der Waals surface area contributed by atoms with Gasteiger partial charge in [0.1, 0.15) is 18.2 Å². The Labute approximate surface area is 204 Å². The highest BCUT2D eigenvalue weighted by Gasteiger charge is 2.21. The van der Waals surface area contributed by atoms with Crippen LogP contribution < -0.4 is 14.4 Å². The molecule has 0 saturated carbocycles.